The molecule has 22 heavy (non-hydrogen) atoms. The molecular formula is C15H28ClN5O. The second-order valence-electron chi connectivity index (χ2n) is 7.36. The van der Waals surface area contributed by atoms with E-state index in [1.807, 2.05) is 0 Å². The number of nitrogens with one attached hydrogen (secondary N) is 3. The summed E-state index contributed by atoms with van der Waals surface area (Å²) in [4.78, 5) is 2.24. The van der Waals surface area contributed by atoms with Crippen molar-refractivity contribution in [3.8, 4) is 0 Å². The maximum Gasteiger partial charge on any atom is 0.131 e. The van der Waals surface area contributed by atoms with Crippen LogP contribution in [0, 0.1) is 5.92 Å². The molecule has 3 heterocycles. The molecule has 3 N–H and O–H groups in total. The maximum atomic E-state index is 6.46. The van der Waals surface area contributed by atoms with Crippen LogP contribution in [0.2, 0.25) is 0 Å². The SMILES string of the molecule is CN(C)C1NC2CCC(Cl)CC2C2NC(C3CCCO3)NN21. The van der Waals surface area contributed by atoms with Crippen molar-refractivity contribution in [1.82, 2.24) is 26.0 Å². The Morgan fingerprint density at radius 3 is 2.77 bits per heavy atom. The Bertz CT molecular complexity index is 405. The van der Waals surface area contributed by atoms with Gasteiger partial charge in [0.1, 0.15) is 6.29 Å². The summed E-state index contributed by atoms with van der Waals surface area (Å²) in [6, 6.07) is 0.543. The number of fused-ring (bicyclic) bond motifs is 3. The van der Waals surface area contributed by atoms with E-state index in [2.05, 4.69) is 40.1 Å². The highest BCUT2D eigenvalue weighted by atomic mass is 35.5. The molecule has 0 aromatic rings. The molecule has 1 aliphatic carbocycles. The Labute approximate surface area is 137 Å². The molecule has 0 aromatic carbocycles. The predicted molar refractivity (Wildman–Crippen MR) is 86.0 cm³/mol. The van der Waals surface area contributed by atoms with Crippen molar-refractivity contribution in [2.45, 2.75) is 68.2 Å². The van der Waals surface area contributed by atoms with E-state index in [1.165, 1.54) is 12.8 Å². The first-order chi connectivity index (χ1) is 10.6. The summed E-state index contributed by atoms with van der Waals surface area (Å²) in [6.07, 6.45) is 6.69. The number of halogens is 1. The van der Waals surface area contributed by atoms with Crippen LogP contribution in [0.3, 0.4) is 0 Å². The van der Waals surface area contributed by atoms with Gasteiger partial charge in [0, 0.05) is 23.9 Å². The van der Waals surface area contributed by atoms with E-state index in [1.54, 1.807) is 0 Å². The molecule has 0 bridgehead atoms. The molecule has 7 unspecified atom stereocenters. The Balaban J connectivity index is 1.54. The Morgan fingerprint density at radius 2 is 2.05 bits per heavy atom. The van der Waals surface area contributed by atoms with E-state index in [0.717, 1.165) is 25.9 Å². The van der Waals surface area contributed by atoms with E-state index in [9.17, 15) is 0 Å². The quantitative estimate of drug-likeness (QED) is 0.640. The van der Waals surface area contributed by atoms with Gasteiger partial charge in [0.2, 0.25) is 0 Å². The molecule has 0 aromatic heterocycles. The summed E-state index contributed by atoms with van der Waals surface area (Å²) in [7, 11) is 4.26. The van der Waals surface area contributed by atoms with Gasteiger partial charge in [-0.3, -0.25) is 15.5 Å². The average Bonchev–Trinajstić information content (AvgIpc) is 3.15. The van der Waals surface area contributed by atoms with Crippen molar-refractivity contribution in [1.29, 1.82) is 0 Å². The number of alkyl halides is 1. The van der Waals surface area contributed by atoms with Gasteiger partial charge in [0.25, 0.3) is 0 Å². The molecule has 6 nitrogen and oxygen atoms in total. The Hall–Kier alpha value is 0.0500. The van der Waals surface area contributed by atoms with Gasteiger partial charge >= 0.3 is 0 Å². The van der Waals surface area contributed by atoms with Gasteiger partial charge in [0.05, 0.1) is 18.4 Å². The fourth-order valence-electron chi connectivity index (χ4n) is 4.53. The minimum atomic E-state index is 0.206. The number of nitrogens with zero attached hydrogens (tertiary/aromatic N) is 2. The van der Waals surface area contributed by atoms with Gasteiger partial charge in [-0.25, -0.2) is 5.43 Å². The number of rotatable bonds is 2. The van der Waals surface area contributed by atoms with Gasteiger partial charge in [-0.05, 0) is 46.2 Å². The van der Waals surface area contributed by atoms with Crippen LogP contribution in [-0.4, -0.2) is 66.8 Å². The first-order valence-electron chi connectivity index (χ1n) is 8.62. The molecular weight excluding hydrogens is 302 g/mol. The standard InChI is InChI=1S/C15H28ClN5O/c1-20(2)15-17-11-6-5-9(16)8-10(11)14-18-13(19-21(14)15)12-4-3-7-22-12/h9-15,17-19H,3-8H2,1-2H3. The maximum absolute atomic E-state index is 6.46. The molecule has 4 aliphatic rings. The normalized spacial score (nSPS) is 49.4. The van der Waals surface area contributed by atoms with Crippen LogP contribution >= 0.6 is 11.6 Å². The third-order valence-electron chi connectivity index (χ3n) is 5.63. The second kappa shape index (κ2) is 6.16. The van der Waals surface area contributed by atoms with Crippen molar-refractivity contribution >= 4 is 11.6 Å². The van der Waals surface area contributed by atoms with E-state index in [4.69, 9.17) is 16.3 Å². The monoisotopic (exact) mass is 329 g/mol. The fourth-order valence-corrected chi connectivity index (χ4v) is 4.86. The van der Waals surface area contributed by atoms with E-state index < -0.39 is 0 Å². The highest BCUT2D eigenvalue weighted by molar-refractivity contribution is 6.20. The second-order valence-corrected chi connectivity index (χ2v) is 7.98. The Kier molecular flexibility index (Phi) is 4.36. The molecule has 126 valence electrons. The lowest BCUT2D eigenvalue weighted by Crippen LogP contribution is -2.71. The van der Waals surface area contributed by atoms with Crippen LogP contribution in [0.4, 0.5) is 0 Å². The summed E-state index contributed by atoms with van der Waals surface area (Å²) < 4.78 is 5.88. The van der Waals surface area contributed by atoms with Crippen LogP contribution in [0.15, 0.2) is 0 Å². The Morgan fingerprint density at radius 1 is 1.18 bits per heavy atom. The molecule has 4 rings (SSSR count). The van der Waals surface area contributed by atoms with Crippen molar-refractivity contribution in [2.24, 2.45) is 5.92 Å². The largest absolute Gasteiger partial charge is 0.375 e. The van der Waals surface area contributed by atoms with Gasteiger partial charge in [-0.15, -0.1) is 11.6 Å². The number of ether oxygens (including phenoxy) is 1. The minimum Gasteiger partial charge on any atom is -0.375 e. The lowest BCUT2D eigenvalue weighted by Gasteiger charge is -2.51. The fraction of sp³-hybridized carbons (Fsp3) is 1.00. The molecule has 3 aliphatic heterocycles. The van der Waals surface area contributed by atoms with Gasteiger partial charge in [-0.2, -0.15) is 5.01 Å². The number of hydrazine groups is 1. The topological polar surface area (TPSA) is 51.8 Å². The van der Waals surface area contributed by atoms with Crippen molar-refractivity contribution < 1.29 is 4.74 Å². The van der Waals surface area contributed by atoms with Crippen LogP contribution < -0.4 is 16.1 Å². The van der Waals surface area contributed by atoms with Gasteiger partial charge in [-0.1, -0.05) is 0 Å². The predicted octanol–water partition coefficient (Wildman–Crippen LogP) is 0.452. The zero-order chi connectivity index (χ0) is 15.3. The van der Waals surface area contributed by atoms with Crippen LogP contribution in [0.5, 0.6) is 0 Å². The summed E-state index contributed by atoms with van der Waals surface area (Å²) in [5, 5.41) is 10.3. The van der Waals surface area contributed by atoms with Crippen LogP contribution in [0.25, 0.3) is 0 Å². The van der Waals surface area contributed by atoms with Crippen LogP contribution in [0.1, 0.15) is 32.1 Å². The van der Waals surface area contributed by atoms with Crippen molar-refractivity contribution in [2.75, 3.05) is 20.7 Å². The lowest BCUT2D eigenvalue weighted by molar-refractivity contribution is -0.0813. The van der Waals surface area contributed by atoms with E-state index in [0.29, 0.717) is 23.5 Å². The summed E-state index contributed by atoms with van der Waals surface area (Å²) in [5.41, 5.74) is 3.66. The molecule has 1 saturated carbocycles. The van der Waals surface area contributed by atoms with E-state index >= 15 is 0 Å². The highest BCUT2D eigenvalue weighted by Crippen LogP contribution is 2.37. The molecule has 3 saturated heterocycles. The summed E-state index contributed by atoms with van der Waals surface area (Å²) in [5.74, 6) is 0.548. The first-order valence-corrected chi connectivity index (χ1v) is 9.06. The summed E-state index contributed by atoms with van der Waals surface area (Å²) >= 11 is 6.46. The molecule has 7 atom stereocenters. The molecule has 0 radical (unpaired) electrons. The van der Waals surface area contributed by atoms with Crippen molar-refractivity contribution in [3.05, 3.63) is 0 Å². The average molecular weight is 330 g/mol. The number of hydrogen-bond acceptors (Lipinski definition) is 6. The zero-order valence-electron chi connectivity index (χ0n) is 13.5. The van der Waals surface area contributed by atoms with Crippen molar-refractivity contribution in [3.63, 3.8) is 0 Å². The minimum absolute atomic E-state index is 0.206. The molecule has 0 spiro atoms. The third-order valence-corrected chi connectivity index (χ3v) is 6.03. The number of hydrogen-bond donors (Lipinski definition) is 3. The first kappa shape index (κ1) is 15.6. The lowest BCUT2D eigenvalue weighted by atomic mass is 9.80. The summed E-state index contributed by atoms with van der Waals surface area (Å²) in [6.45, 7) is 0.889. The smallest absolute Gasteiger partial charge is 0.131 e. The molecule has 0 amide bonds. The third kappa shape index (κ3) is 2.69. The van der Waals surface area contributed by atoms with E-state index in [-0.39, 0.29) is 18.6 Å². The van der Waals surface area contributed by atoms with Gasteiger partial charge < -0.3 is 4.74 Å². The molecule has 7 heteroatoms. The van der Waals surface area contributed by atoms with Crippen LogP contribution in [-0.2, 0) is 4.74 Å². The van der Waals surface area contributed by atoms with Gasteiger partial charge in [0.15, 0.2) is 0 Å². The molecule has 4 fully saturated rings. The highest BCUT2D eigenvalue weighted by Gasteiger charge is 2.51. The zero-order valence-corrected chi connectivity index (χ0v) is 14.2.